The van der Waals surface area contributed by atoms with Gasteiger partial charge in [0.05, 0.1) is 23.2 Å². The van der Waals surface area contributed by atoms with Gasteiger partial charge in [-0.3, -0.25) is 9.69 Å². The Morgan fingerprint density at radius 3 is 2.66 bits per heavy atom. The Kier molecular flexibility index (Phi) is 7.19. The predicted molar refractivity (Wildman–Crippen MR) is 142 cm³/mol. The summed E-state index contributed by atoms with van der Waals surface area (Å²) in [6.07, 6.45) is 5.69. The van der Waals surface area contributed by atoms with Crippen LogP contribution in [0.25, 0.3) is 10.2 Å². The number of aliphatic carboxylic acids is 1. The van der Waals surface area contributed by atoms with Crippen molar-refractivity contribution >= 4 is 44.3 Å². The highest BCUT2D eigenvalue weighted by Crippen LogP contribution is 2.39. The van der Waals surface area contributed by atoms with Crippen LogP contribution < -0.4 is 9.64 Å². The van der Waals surface area contributed by atoms with Gasteiger partial charge in [0.2, 0.25) is 0 Å². The first-order valence-electron chi connectivity index (χ1n) is 12.4. The van der Waals surface area contributed by atoms with Crippen LogP contribution in [-0.4, -0.2) is 59.3 Å². The van der Waals surface area contributed by atoms with E-state index in [1.807, 2.05) is 43.3 Å². The van der Waals surface area contributed by atoms with Crippen molar-refractivity contribution in [3.8, 4) is 5.75 Å². The fourth-order valence-corrected chi connectivity index (χ4v) is 6.78. The van der Waals surface area contributed by atoms with E-state index in [1.54, 1.807) is 11.3 Å². The lowest BCUT2D eigenvalue weighted by Gasteiger charge is -2.47. The first kappa shape index (κ1) is 24.3. The lowest BCUT2D eigenvalue weighted by atomic mass is 9.83. The Hall–Kier alpha value is -2.35. The molecular formula is C27H32ClN3O3S. The maximum absolute atomic E-state index is 11.1. The summed E-state index contributed by atoms with van der Waals surface area (Å²) in [4.78, 5) is 21.1. The number of carboxylic acids is 1. The Labute approximate surface area is 215 Å². The number of thiazole rings is 1. The van der Waals surface area contributed by atoms with E-state index in [9.17, 15) is 4.79 Å². The summed E-state index contributed by atoms with van der Waals surface area (Å²) in [5.74, 6) is -0.0262. The van der Waals surface area contributed by atoms with Crippen molar-refractivity contribution in [1.82, 2.24) is 9.88 Å². The number of aromatic nitrogens is 1. The molecule has 8 heteroatoms. The number of rotatable bonds is 8. The quantitative estimate of drug-likeness (QED) is 0.411. The lowest BCUT2D eigenvalue weighted by Crippen LogP contribution is -2.55. The number of likely N-dealkylation sites (tertiary alicyclic amines) is 1. The van der Waals surface area contributed by atoms with E-state index in [-0.39, 0.29) is 12.0 Å². The van der Waals surface area contributed by atoms with E-state index < -0.39 is 5.97 Å². The third-order valence-electron chi connectivity index (χ3n) is 7.51. The standard InChI is InChI=1S/C27H32ClN3O3S/c1-19-4-5-20(17-25(32)33)16-23(19)34-15-10-27(31-11-2-3-12-31)8-13-30(14-9-27)26-29-22-7-6-21(28)18-24(22)35-26/h4-7,16,18H,2-3,8-15,17H2,1H3,(H,32,33). The number of piperidine rings is 1. The van der Waals surface area contributed by atoms with Crippen molar-refractivity contribution in [2.24, 2.45) is 0 Å². The first-order chi connectivity index (χ1) is 16.9. The number of benzene rings is 2. The van der Waals surface area contributed by atoms with E-state index in [0.29, 0.717) is 6.61 Å². The van der Waals surface area contributed by atoms with Crippen molar-refractivity contribution < 1.29 is 14.6 Å². The number of halogens is 1. The molecule has 0 bridgehead atoms. The summed E-state index contributed by atoms with van der Waals surface area (Å²) in [7, 11) is 0. The van der Waals surface area contributed by atoms with Gasteiger partial charge in [0, 0.05) is 23.7 Å². The zero-order valence-corrected chi connectivity index (χ0v) is 21.7. The van der Waals surface area contributed by atoms with Crippen LogP contribution in [0, 0.1) is 6.92 Å². The molecule has 0 saturated carbocycles. The van der Waals surface area contributed by atoms with Gasteiger partial charge in [-0.15, -0.1) is 0 Å². The van der Waals surface area contributed by atoms with Crippen LogP contribution in [0.15, 0.2) is 36.4 Å². The average Bonchev–Trinajstić information content (AvgIpc) is 3.51. The van der Waals surface area contributed by atoms with Gasteiger partial charge in [-0.05, 0) is 87.5 Å². The molecule has 2 aliphatic heterocycles. The number of hydrogen-bond acceptors (Lipinski definition) is 6. The molecular weight excluding hydrogens is 482 g/mol. The number of fused-ring (bicyclic) bond motifs is 1. The molecule has 1 aromatic heterocycles. The Morgan fingerprint density at radius 1 is 1.14 bits per heavy atom. The molecule has 0 amide bonds. The van der Waals surface area contributed by atoms with Crippen LogP contribution in [-0.2, 0) is 11.2 Å². The molecule has 0 radical (unpaired) electrons. The van der Waals surface area contributed by atoms with Crippen LogP contribution in [0.1, 0.15) is 43.2 Å². The van der Waals surface area contributed by atoms with Gasteiger partial charge >= 0.3 is 5.97 Å². The number of anilines is 1. The van der Waals surface area contributed by atoms with E-state index in [0.717, 1.165) is 82.7 Å². The minimum atomic E-state index is -0.823. The third kappa shape index (κ3) is 5.42. The third-order valence-corrected chi connectivity index (χ3v) is 8.83. The molecule has 2 aromatic carbocycles. The fraction of sp³-hybridized carbons (Fsp3) is 0.481. The number of hydrogen-bond donors (Lipinski definition) is 1. The second kappa shape index (κ2) is 10.3. The van der Waals surface area contributed by atoms with Gasteiger partial charge in [0.1, 0.15) is 5.75 Å². The summed E-state index contributed by atoms with van der Waals surface area (Å²) in [5, 5.41) is 11.0. The highest BCUT2D eigenvalue weighted by molar-refractivity contribution is 7.22. The molecule has 5 rings (SSSR count). The molecule has 2 fully saturated rings. The van der Waals surface area contributed by atoms with E-state index in [1.165, 1.54) is 12.8 Å². The molecule has 0 atom stereocenters. The van der Waals surface area contributed by atoms with Crippen LogP contribution in [0.3, 0.4) is 0 Å². The normalized spacial score (nSPS) is 18.3. The van der Waals surface area contributed by atoms with Crippen LogP contribution in [0.5, 0.6) is 5.75 Å². The smallest absolute Gasteiger partial charge is 0.307 e. The van der Waals surface area contributed by atoms with Crippen molar-refractivity contribution in [2.75, 3.05) is 37.7 Å². The Morgan fingerprint density at radius 2 is 1.91 bits per heavy atom. The number of aryl methyl sites for hydroxylation is 1. The second-order valence-corrected chi connectivity index (χ2v) is 11.2. The van der Waals surface area contributed by atoms with Crippen molar-refractivity contribution in [1.29, 1.82) is 0 Å². The zero-order valence-electron chi connectivity index (χ0n) is 20.1. The van der Waals surface area contributed by atoms with Crippen molar-refractivity contribution in [3.63, 3.8) is 0 Å². The summed E-state index contributed by atoms with van der Waals surface area (Å²) in [5.41, 5.74) is 2.97. The molecule has 3 aromatic rings. The molecule has 1 N–H and O–H groups in total. The monoisotopic (exact) mass is 513 g/mol. The first-order valence-corrected chi connectivity index (χ1v) is 13.6. The minimum absolute atomic E-state index is 0.0160. The van der Waals surface area contributed by atoms with E-state index >= 15 is 0 Å². The topological polar surface area (TPSA) is 65.9 Å². The number of ether oxygens (including phenoxy) is 1. The Balaban J connectivity index is 1.26. The number of carbonyl (C=O) groups is 1. The highest BCUT2D eigenvalue weighted by Gasteiger charge is 2.41. The molecule has 2 saturated heterocycles. The number of nitrogens with zero attached hydrogens (tertiary/aromatic N) is 3. The molecule has 0 unspecified atom stereocenters. The summed E-state index contributed by atoms with van der Waals surface area (Å²) < 4.78 is 7.39. The molecule has 2 aliphatic rings. The summed E-state index contributed by atoms with van der Waals surface area (Å²) in [6, 6.07) is 11.6. The van der Waals surface area contributed by atoms with E-state index in [2.05, 4.69) is 9.80 Å². The van der Waals surface area contributed by atoms with E-state index in [4.69, 9.17) is 26.4 Å². The fourth-order valence-electron chi connectivity index (χ4n) is 5.49. The van der Waals surface area contributed by atoms with Crippen molar-refractivity contribution in [2.45, 2.75) is 51.0 Å². The van der Waals surface area contributed by atoms with Gasteiger partial charge in [-0.25, -0.2) is 4.98 Å². The molecule has 0 spiro atoms. The summed E-state index contributed by atoms with van der Waals surface area (Å²) in [6.45, 7) is 6.93. The molecule has 0 aliphatic carbocycles. The molecule has 6 nitrogen and oxygen atoms in total. The molecule has 3 heterocycles. The van der Waals surface area contributed by atoms with Gasteiger partial charge in [-0.2, -0.15) is 0 Å². The van der Waals surface area contributed by atoms with Crippen LogP contribution >= 0.6 is 22.9 Å². The molecule has 35 heavy (non-hydrogen) atoms. The average molecular weight is 514 g/mol. The molecule has 186 valence electrons. The summed E-state index contributed by atoms with van der Waals surface area (Å²) >= 11 is 7.90. The zero-order chi connectivity index (χ0) is 24.4. The highest BCUT2D eigenvalue weighted by atomic mass is 35.5. The number of carboxylic acid groups (broad SMARTS) is 1. The SMILES string of the molecule is Cc1ccc(CC(=O)O)cc1OCCC1(N2CCCC2)CCN(c2nc3ccc(Cl)cc3s2)CC1. The lowest BCUT2D eigenvalue weighted by molar-refractivity contribution is -0.136. The van der Waals surface area contributed by atoms with Gasteiger partial charge < -0.3 is 14.7 Å². The minimum Gasteiger partial charge on any atom is -0.493 e. The maximum atomic E-state index is 11.1. The van der Waals surface area contributed by atoms with Gasteiger partial charge in [-0.1, -0.05) is 35.1 Å². The van der Waals surface area contributed by atoms with Crippen LogP contribution in [0.2, 0.25) is 5.02 Å². The van der Waals surface area contributed by atoms with Crippen molar-refractivity contribution in [3.05, 3.63) is 52.5 Å². The van der Waals surface area contributed by atoms with Crippen LogP contribution in [0.4, 0.5) is 5.13 Å². The van der Waals surface area contributed by atoms with Gasteiger partial charge in [0.25, 0.3) is 0 Å². The predicted octanol–water partition coefficient (Wildman–Crippen LogP) is 5.79. The Bertz CT molecular complexity index is 1200. The largest absolute Gasteiger partial charge is 0.493 e. The second-order valence-electron chi connectivity index (χ2n) is 9.78. The van der Waals surface area contributed by atoms with Gasteiger partial charge in [0.15, 0.2) is 5.13 Å². The maximum Gasteiger partial charge on any atom is 0.307 e.